The minimum Gasteiger partial charge on any atom is -0.486 e. The first-order valence-electron chi connectivity index (χ1n) is 5.85. The van der Waals surface area contributed by atoms with Crippen LogP contribution in [0.25, 0.3) is 0 Å². The summed E-state index contributed by atoms with van der Waals surface area (Å²) in [6.07, 6.45) is 0.764. The number of nitrogens with two attached hydrogens (primary N) is 1. The predicted octanol–water partition coefficient (Wildman–Crippen LogP) is 3.87. The van der Waals surface area contributed by atoms with Gasteiger partial charge in [0.2, 0.25) is 0 Å². The monoisotopic (exact) mass is 281 g/mol. The second kappa shape index (κ2) is 6.23. The molecule has 2 nitrogen and oxygen atoms in total. The molecule has 0 saturated heterocycles. The fourth-order valence-corrected chi connectivity index (χ4v) is 2.63. The highest BCUT2D eigenvalue weighted by Gasteiger charge is 2.10. The van der Waals surface area contributed by atoms with Gasteiger partial charge in [-0.3, -0.25) is 0 Å². The summed E-state index contributed by atoms with van der Waals surface area (Å²) >= 11 is 7.87. The lowest BCUT2D eigenvalue weighted by molar-refractivity contribution is 0.306. The van der Waals surface area contributed by atoms with Crippen LogP contribution in [-0.4, -0.2) is 6.04 Å². The Kier molecular flexibility index (Phi) is 4.64. The van der Waals surface area contributed by atoms with Crippen molar-refractivity contribution in [2.75, 3.05) is 0 Å². The average molecular weight is 282 g/mol. The van der Waals surface area contributed by atoms with E-state index in [1.165, 1.54) is 4.88 Å². The van der Waals surface area contributed by atoms with E-state index in [4.69, 9.17) is 22.1 Å². The van der Waals surface area contributed by atoms with Crippen molar-refractivity contribution in [1.82, 2.24) is 0 Å². The molecule has 0 amide bonds. The summed E-state index contributed by atoms with van der Waals surface area (Å²) in [4.78, 5) is 1.18. The highest BCUT2D eigenvalue weighted by molar-refractivity contribution is 7.09. The molecule has 1 heterocycles. The molecule has 0 fully saturated rings. The minimum absolute atomic E-state index is 0.0903. The maximum Gasteiger partial charge on any atom is 0.141 e. The van der Waals surface area contributed by atoms with Crippen molar-refractivity contribution in [2.24, 2.45) is 5.73 Å². The zero-order chi connectivity index (χ0) is 13.0. The van der Waals surface area contributed by atoms with Crippen LogP contribution in [-0.2, 0) is 13.0 Å². The topological polar surface area (TPSA) is 35.2 Å². The SMILES string of the molecule is CC(N)Cc1cccc(Cl)c1OCc1cccs1. The Morgan fingerprint density at radius 1 is 1.33 bits per heavy atom. The van der Waals surface area contributed by atoms with Gasteiger partial charge in [-0.25, -0.2) is 0 Å². The number of halogens is 1. The van der Waals surface area contributed by atoms with Crippen LogP contribution < -0.4 is 10.5 Å². The first-order chi connectivity index (χ1) is 8.66. The quantitative estimate of drug-likeness (QED) is 0.903. The number of rotatable bonds is 5. The van der Waals surface area contributed by atoms with E-state index in [1.54, 1.807) is 11.3 Å². The molecule has 0 spiro atoms. The number of benzene rings is 1. The normalized spacial score (nSPS) is 12.4. The van der Waals surface area contributed by atoms with E-state index in [2.05, 4.69) is 0 Å². The molecule has 1 aromatic heterocycles. The Hall–Kier alpha value is -1.03. The highest BCUT2D eigenvalue weighted by atomic mass is 35.5. The molecule has 4 heteroatoms. The van der Waals surface area contributed by atoms with Gasteiger partial charge in [0.25, 0.3) is 0 Å². The molecule has 18 heavy (non-hydrogen) atoms. The number of hydrogen-bond acceptors (Lipinski definition) is 3. The Labute approximate surface area is 116 Å². The van der Waals surface area contributed by atoms with E-state index >= 15 is 0 Å². The summed E-state index contributed by atoms with van der Waals surface area (Å²) in [7, 11) is 0. The lowest BCUT2D eigenvalue weighted by atomic mass is 10.1. The smallest absolute Gasteiger partial charge is 0.141 e. The van der Waals surface area contributed by atoms with Gasteiger partial charge in [-0.1, -0.05) is 29.8 Å². The van der Waals surface area contributed by atoms with E-state index in [1.807, 2.05) is 42.6 Å². The van der Waals surface area contributed by atoms with Crippen molar-refractivity contribution < 1.29 is 4.74 Å². The lowest BCUT2D eigenvalue weighted by Gasteiger charge is -2.14. The summed E-state index contributed by atoms with van der Waals surface area (Å²) < 4.78 is 5.84. The largest absolute Gasteiger partial charge is 0.486 e. The Morgan fingerprint density at radius 2 is 2.17 bits per heavy atom. The molecule has 2 rings (SSSR count). The van der Waals surface area contributed by atoms with Crippen LogP contribution in [0.15, 0.2) is 35.7 Å². The zero-order valence-electron chi connectivity index (χ0n) is 10.2. The summed E-state index contributed by atoms with van der Waals surface area (Å²) in [5, 5.41) is 2.68. The molecule has 0 bridgehead atoms. The van der Waals surface area contributed by atoms with Gasteiger partial charge < -0.3 is 10.5 Å². The highest BCUT2D eigenvalue weighted by Crippen LogP contribution is 2.30. The van der Waals surface area contributed by atoms with Crippen molar-refractivity contribution in [1.29, 1.82) is 0 Å². The third-order valence-electron chi connectivity index (χ3n) is 2.53. The van der Waals surface area contributed by atoms with E-state index in [9.17, 15) is 0 Å². The molecule has 1 unspecified atom stereocenters. The van der Waals surface area contributed by atoms with Crippen molar-refractivity contribution in [2.45, 2.75) is 26.0 Å². The number of ether oxygens (including phenoxy) is 1. The molecule has 0 aliphatic carbocycles. The second-order valence-corrected chi connectivity index (χ2v) is 5.72. The van der Waals surface area contributed by atoms with Crippen molar-refractivity contribution in [3.63, 3.8) is 0 Å². The van der Waals surface area contributed by atoms with E-state index in [0.717, 1.165) is 17.7 Å². The molecule has 0 saturated carbocycles. The molecular weight excluding hydrogens is 266 g/mol. The van der Waals surface area contributed by atoms with Crippen molar-refractivity contribution in [3.8, 4) is 5.75 Å². The van der Waals surface area contributed by atoms with Gasteiger partial charge in [-0.2, -0.15) is 0 Å². The first-order valence-corrected chi connectivity index (χ1v) is 7.10. The fraction of sp³-hybridized carbons (Fsp3) is 0.286. The summed E-state index contributed by atoms with van der Waals surface area (Å²) in [5.74, 6) is 0.755. The molecule has 1 aromatic carbocycles. The third-order valence-corrected chi connectivity index (χ3v) is 3.68. The van der Waals surface area contributed by atoms with Crippen LogP contribution in [0, 0.1) is 0 Å². The maximum atomic E-state index is 6.19. The second-order valence-electron chi connectivity index (χ2n) is 4.28. The van der Waals surface area contributed by atoms with Crippen molar-refractivity contribution in [3.05, 3.63) is 51.2 Å². The van der Waals surface area contributed by atoms with Crippen LogP contribution in [0.3, 0.4) is 0 Å². The van der Waals surface area contributed by atoms with Gasteiger partial charge in [-0.05, 0) is 36.4 Å². The van der Waals surface area contributed by atoms with E-state index < -0.39 is 0 Å². The molecule has 2 N–H and O–H groups in total. The van der Waals surface area contributed by atoms with Gasteiger partial charge in [0, 0.05) is 10.9 Å². The number of hydrogen-bond donors (Lipinski definition) is 1. The molecule has 0 aliphatic heterocycles. The van der Waals surface area contributed by atoms with Gasteiger partial charge in [0.1, 0.15) is 12.4 Å². The standard InChI is InChI=1S/C14H16ClNOS/c1-10(16)8-11-4-2-6-13(15)14(11)17-9-12-5-3-7-18-12/h2-7,10H,8-9,16H2,1H3. The predicted molar refractivity (Wildman–Crippen MR) is 77.5 cm³/mol. The Morgan fingerprint density at radius 3 is 2.83 bits per heavy atom. The molecular formula is C14H16ClNOS. The Balaban J connectivity index is 2.14. The Bertz CT molecular complexity index is 497. The van der Waals surface area contributed by atoms with Crippen LogP contribution in [0.1, 0.15) is 17.4 Å². The number of thiophene rings is 1. The lowest BCUT2D eigenvalue weighted by Crippen LogP contribution is -2.18. The number of para-hydroxylation sites is 1. The van der Waals surface area contributed by atoms with Gasteiger partial charge in [-0.15, -0.1) is 11.3 Å². The van der Waals surface area contributed by atoms with Crippen LogP contribution in [0.2, 0.25) is 5.02 Å². The van der Waals surface area contributed by atoms with Crippen LogP contribution in [0.5, 0.6) is 5.75 Å². The average Bonchev–Trinajstić information content (AvgIpc) is 2.80. The van der Waals surface area contributed by atoms with Gasteiger partial charge in [0.15, 0.2) is 0 Å². The molecule has 0 aliphatic rings. The summed E-state index contributed by atoms with van der Waals surface area (Å²) in [5.41, 5.74) is 6.90. The summed E-state index contributed by atoms with van der Waals surface area (Å²) in [6.45, 7) is 2.53. The van der Waals surface area contributed by atoms with E-state index in [0.29, 0.717) is 11.6 Å². The minimum atomic E-state index is 0.0903. The van der Waals surface area contributed by atoms with E-state index in [-0.39, 0.29) is 6.04 Å². The molecule has 96 valence electrons. The van der Waals surface area contributed by atoms with Crippen LogP contribution in [0.4, 0.5) is 0 Å². The molecule has 1 atom stereocenters. The van der Waals surface area contributed by atoms with Gasteiger partial charge >= 0.3 is 0 Å². The maximum absolute atomic E-state index is 6.19. The van der Waals surface area contributed by atoms with Crippen molar-refractivity contribution >= 4 is 22.9 Å². The molecule has 0 radical (unpaired) electrons. The van der Waals surface area contributed by atoms with Gasteiger partial charge in [0.05, 0.1) is 5.02 Å². The van der Waals surface area contributed by atoms with Crippen LogP contribution >= 0.6 is 22.9 Å². The zero-order valence-corrected chi connectivity index (χ0v) is 11.8. The third kappa shape index (κ3) is 3.48. The fourth-order valence-electron chi connectivity index (χ4n) is 1.76. The summed E-state index contributed by atoms with van der Waals surface area (Å²) in [6, 6.07) is 9.94. The molecule has 2 aromatic rings. The first kappa shape index (κ1) is 13.4.